The zero-order valence-corrected chi connectivity index (χ0v) is 8.97. The molecule has 0 unspecified atom stereocenters. The van der Waals surface area contributed by atoms with E-state index in [-0.39, 0.29) is 0 Å². The summed E-state index contributed by atoms with van der Waals surface area (Å²) < 4.78 is 0. The van der Waals surface area contributed by atoms with Crippen molar-refractivity contribution in [1.82, 2.24) is 9.97 Å². The fourth-order valence-corrected chi connectivity index (χ4v) is 1.71. The molecule has 1 heterocycles. The third kappa shape index (κ3) is 1.46. The minimum Gasteiger partial charge on any atom is -0.233 e. The molecule has 0 atom stereocenters. The van der Waals surface area contributed by atoms with Crippen molar-refractivity contribution in [3.05, 3.63) is 34.7 Å². The van der Waals surface area contributed by atoms with Crippen LogP contribution < -0.4 is 0 Å². The van der Waals surface area contributed by atoms with Gasteiger partial charge in [0.15, 0.2) is 0 Å². The van der Waals surface area contributed by atoms with Crippen molar-refractivity contribution in [2.24, 2.45) is 0 Å². The Morgan fingerprint density at radius 3 is 2.79 bits per heavy atom. The van der Waals surface area contributed by atoms with Gasteiger partial charge in [-0.2, -0.15) is 0 Å². The Bertz CT molecular complexity index is 480. The Morgan fingerprint density at radius 2 is 2.07 bits per heavy atom. The van der Waals surface area contributed by atoms with Crippen LogP contribution in [0.15, 0.2) is 18.2 Å². The fourth-order valence-electron chi connectivity index (χ4n) is 1.46. The summed E-state index contributed by atoms with van der Waals surface area (Å²) >= 11 is 6.06. The van der Waals surface area contributed by atoms with Crippen molar-refractivity contribution in [2.75, 3.05) is 0 Å². The lowest BCUT2D eigenvalue weighted by molar-refractivity contribution is 0.959. The Labute approximate surface area is 88.0 Å². The van der Waals surface area contributed by atoms with Crippen LogP contribution >= 0.6 is 11.6 Å². The number of aromatic nitrogens is 2. The van der Waals surface area contributed by atoms with Gasteiger partial charge in [-0.15, -0.1) is 0 Å². The summed E-state index contributed by atoms with van der Waals surface area (Å²) in [5, 5.41) is 1.49. The van der Waals surface area contributed by atoms with E-state index in [0.717, 1.165) is 28.7 Å². The quantitative estimate of drug-likeness (QED) is 0.670. The van der Waals surface area contributed by atoms with Crippen LogP contribution in [0.3, 0.4) is 0 Å². The van der Waals surface area contributed by atoms with Crippen molar-refractivity contribution in [3.63, 3.8) is 0 Å². The molecule has 1 aromatic carbocycles. The van der Waals surface area contributed by atoms with E-state index < -0.39 is 0 Å². The van der Waals surface area contributed by atoms with Crippen LogP contribution in [0.1, 0.15) is 18.3 Å². The second-order valence-electron chi connectivity index (χ2n) is 3.26. The summed E-state index contributed by atoms with van der Waals surface area (Å²) in [6.07, 6.45) is 0.810. The minimum atomic E-state index is 0.551. The van der Waals surface area contributed by atoms with Gasteiger partial charge in [0.25, 0.3) is 0 Å². The van der Waals surface area contributed by atoms with Crippen molar-refractivity contribution in [2.45, 2.75) is 20.3 Å². The predicted molar refractivity (Wildman–Crippen MR) is 58.7 cm³/mol. The van der Waals surface area contributed by atoms with Gasteiger partial charge >= 0.3 is 0 Å². The van der Waals surface area contributed by atoms with Crippen LogP contribution in [0.25, 0.3) is 10.9 Å². The smallest absolute Gasteiger partial charge is 0.140 e. The maximum Gasteiger partial charge on any atom is 0.140 e. The Hall–Kier alpha value is -1.15. The van der Waals surface area contributed by atoms with Crippen molar-refractivity contribution >= 4 is 22.5 Å². The maximum atomic E-state index is 6.06. The van der Waals surface area contributed by atoms with Gasteiger partial charge in [0.1, 0.15) is 11.0 Å². The number of aryl methyl sites for hydroxylation is 2. The molecule has 0 aliphatic carbocycles. The number of halogens is 1. The summed E-state index contributed by atoms with van der Waals surface area (Å²) in [7, 11) is 0. The van der Waals surface area contributed by atoms with E-state index in [4.69, 9.17) is 11.6 Å². The predicted octanol–water partition coefficient (Wildman–Crippen LogP) is 3.15. The van der Waals surface area contributed by atoms with Crippen LogP contribution in [0.4, 0.5) is 0 Å². The molecule has 2 nitrogen and oxygen atoms in total. The third-order valence-electron chi connectivity index (χ3n) is 2.24. The van der Waals surface area contributed by atoms with Crippen LogP contribution in [0.2, 0.25) is 5.15 Å². The highest BCUT2D eigenvalue weighted by Crippen LogP contribution is 2.22. The highest BCUT2D eigenvalue weighted by Gasteiger charge is 2.05. The summed E-state index contributed by atoms with van der Waals surface area (Å²) in [6, 6.07) is 5.95. The normalized spacial score (nSPS) is 10.8. The van der Waals surface area contributed by atoms with Crippen LogP contribution in [-0.4, -0.2) is 9.97 Å². The second-order valence-corrected chi connectivity index (χ2v) is 3.61. The zero-order chi connectivity index (χ0) is 10.1. The zero-order valence-electron chi connectivity index (χ0n) is 8.21. The Morgan fingerprint density at radius 1 is 1.29 bits per heavy atom. The highest BCUT2D eigenvalue weighted by molar-refractivity contribution is 6.34. The lowest BCUT2D eigenvalue weighted by atomic mass is 10.1. The van der Waals surface area contributed by atoms with Gasteiger partial charge in [-0.3, -0.25) is 0 Å². The van der Waals surface area contributed by atoms with Gasteiger partial charge in [-0.1, -0.05) is 30.7 Å². The van der Waals surface area contributed by atoms with Gasteiger partial charge in [-0.05, 0) is 18.6 Å². The average Bonchev–Trinajstić information content (AvgIpc) is 2.19. The minimum absolute atomic E-state index is 0.551. The number of fused-ring (bicyclic) bond motifs is 1. The summed E-state index contributed by atoms with van der Waals surface area (Å²) in [6.45, 7) is 4.06. The topological polar surface area (TPSA) is 25.8 Å². The molecule has 0 saturated heterocycles. The first kappa shape index (κ1) is 9.41. The molecule has 0 amide bonds. The van der Waals surface area contributed by atoms with E-state index >= 15 is 0 Å². The molecular formula is C11H11ClN2. The lowest BCUT2D eigenvalue weighted by Crippen LogP contribution is -1.95. The third-order valence-corrected chi connectivity index (χ3v) is 2.53. The summed E-state index contributed by atoms with van der Waals surface area (Å²) in [5.74, 6) is 0.803. The lowest BCUT2D eigenvalue weighted by Gasteiger charge is -2.04. The molecule has 0 fully saturated rings. The SMILES string of the molecule is CCc1nc(Cl)c2cccc(C)c2n1. The number of para-hydroxylation sites is 1. The highest BCUT2D eigenvalue weighted by atomic mass is 35.5. The molecule has 2 rings (SSSR count). The Balaban J connectivity index is 2.83. The van der Waals surface area contributed by atoms with E-state index in [0.29, 0.717) is 5.15 Å². The average molecular weight is 207 g/mol. The molecule has 0 bridgehead atoms. The van der Waals surface area contributed by atoms with E-state index in [1.165, 1.54) is 0 Å². The molecule has 14 heavy (non-hydrogen) atoms. The van der Waals surface area contributed by atoms with Crippen LogP contribution in [0.5, 0.6) is 0 Å². The fraction of sp³-hybridized carbons (Fsp3) is 0.273. The summed E-state index contributed by atoms with van der Waals surface area (Å²) in [4.78, 5) is 8.67. The first-order valence-electron chi connectivity index (χ1n) is 4.64. The van der Waals surface area contributed by atoms with E-state index in [9.17, 15) is 0 Å². The van der Waals surface area contributed by atoms with E-state index in [1.54, 1.807) is 0 Å². The molecule has 3 heteroatoms. The molecule has 1 aromatic heterocycles. The maximum absolute atomic E-state index is 6.06. The molecule has 0 spiro atoms. The van der Waals surface area contributed by atoms with E-state index in [1.807, 2.05) is 32.0 Å². The monoisotopic (exact) mass is 206 g/mol. The van der Waals surface area contributed by atoms with Gasteiger partial charge in [0.05, 0.1) is 5.52 Å². The number of rotatable bonds is 1. The number of nitrogens with zero attached hydrogens (tertiary/aromatic N) is 2. The van der Waals surface area contributed by atoms with E-state index in [2.05, 4.69) is 9.97 Å². The van der Waals surface area contributed by atoms with Gasteiger partial charge < -0.3 is 0 Å². The van der Waals surface area contributed by atoms with Crippen molar-refractivity contribution in [3.8, 4) is 0 Å². The first-order valence-corrected chi connectivity index (χ1v) is 5.02. The number of hydrogen-bond acceptors (Lipinski definition) is 2. The Kier molecular flexibility index (Phi) is 2.38. The number of benzene rings is 1. The molecule has 0 radical (unpaired) electrons. The van der Waals surface area contributed by atoms with Gasteiger partial charge in [-0.25, -0.2) is 9.97 Å². The van der Waals surface area contributed by atoms with Gasteiger partial charge in [0, 0.05) is 11.8 Å². The summed E-state index contributed by atoms with van der Waals surface area (Å²) in [5.41, 5.74) is 2.10. The molecule has 72 valence electrons. The molecule has 2 aromatic rings. The van der Waals surface area contributed by atoms with Crippen LogP contribution in [0, 0.1) is 6.92 Å². The molecule has 0 saturated carbocycles. The second kappa shape index (κ2) is 3.54. The molecular weight excluding hydrogens is 196 g/mol. The van der Waals surface area contributed by atoms with Crippen molar-refractivity contribution < 1.29 is 0 Å². The molecule has 0 aliphatic heterocycles. The van der Waals surface area contributed by atoms with Gasteiger partial charge in [0.2, 0.25) is 0 Å². The molecule has 0 N–H and O–H groups in total. The van der Waals surface area contributed by atoms with Crippen molar-refractivity contribution in [1.29, 1.82) is 0 Å². The largest absolute Gasteiger partial charge is 0.233 e. The molecule has 0 aliphatic rings. The standard InChI is InChI=1S/C11H11ClN2/c1-3-9-13-10-7(2)5-4-6-8(10)11(12)14-9/h4-6H,3H2,1-2H3. The number of hydrogen-bond donors (Lipinski definition) is 0. The first-order chi connectivity index (χ1) is 6.72. The van der Waals surface area contributed by atoms with Crippen LogP contribution in [-0.2, 0) is 6.42 Å².